The maximum absolute atomic E-state index is 2.36. The molecule has 0 N–H and O–H groups in total. The van der Waals surface area contributed by atoms with Crippen molar-refractivity contribution < 1.29 is 0 Å². The number of halogens is 1. The molecule has 3 rings (SSSR count). The molecule has 3 heteroatoms. The van der Waals surface area contributed by atoms with E-state index >= 15 is 0 Å². The van der Waals surface area contributed by atoms with Gasteiger partial charge < -0.3 is 9.80 Å². The summed E-state index contributed by atoms with van der Waals surface area (Å²) in [4.78, 5) is 4.65. The van der Waals surface area contributed by atoms with Gasteiger partial charge in [-0.3, -0.25) is 0 Å². The fourth-order valence-electron chi connectivity index (χ4n) is 2.49. The van der Waals surface area contributed by atoms with Gasteiger partial charge in [0.15, 0.2) is 0 Å². The maximum atomic E-state index is 2.36. The molecular formula is C16H19IN2. The third kappa shape index (κ3) is 2.43. The van der Waals surface area contributed by atoms with E-state index in [0.717, 1.165) is 6.67 Å². The molecule has 2 aromatic rings. The van der Waals surface area contributed by atoms with Gasteiger partial charge in [-0.25, -0.2) is 0 Å². The van der Waals surface area contributed by atoms with Gasteiger partial charge in [-0.15, -0.1) is 24.0 Å². The molecule has 0 saturated carbocycles. The van der Waals surface area contributed by atoms with Crippen LogP contribution < -0.4 is 9.80 Å². The highest BCUT2D eigenvalue weighted by Gasteiger charge is 2.23. The number of hydrogen-bond acceptors (Lipinski definition) is 2. The van der Waals surface area contributed by atoms with E-state index in [4.69, 9.17) is 0 Å². The lowest BCUT2D eigenvalue weighted by Crippen LogP contribution is -2.24. The van der Waals surface area contributed by atoms with Crippen molar-refractivity contribution in [1.29, 1.82) is 0 Å². The van der Waals surface area contributed by atoms with Crippen molar-refractivity contribution in [1.82, 2.24) is 0 Å². The zero-order valence-electron chi connectivity index (χ0n) is 11.6. The molecule has 19 heavy (non-hydrogen) atoms. The first-order valence-corrected chi connectivity index (χ1v) is 6.32. The second-order valence-electron chi connectivity index (χ2n) is 5.02. The average molecular weight is 366 g/mol. The summed E-state index contributed by atoms with van der Waals surface area (Å²) in [6.45, 7) is 5.25. The van der Waals surface area contributed by atoms with Crippen molar-refractivity contribution >= 4 is 41.0 Å². The lowest BCUT2D eigenvalue weighted by Gasteiger charge is -2.20. The van der Waals surface area contributed by atoms with Crippen molar-refractivity contribution in [3.63, 3.8) is 0 Å². The SMILES string of the molecule is Cc1ccc(N2CN(C)c3ccccc32)cc1C.I. The van der Waals surface area contributed by atoms with Crippen LogP contribution in [-0.4, -0.2) is 13.7 Å². The molecule has 0 radical (unpaired) electrons. The number of anilines is 3. The smallest absolute Gasteiger partial charge is 0.0950 e. The quantitative estimate of drug-likeness (QED) is 0.688. The standard InChI is InChI=1S/C16H18N2.HI/c1-12-8-9-14(10-13(12)2)18-11-17(3)15-6-4-5-7-16(15)18;/h4-10H,11H2,1-3H3;1H. The largest absolute Gasteiger partial charge is 0.355 e. The van der Waals surface area contributed by atoms with Crippen molar-refractivity contribution in [2.45, 2.75) is 13.8 Å². The Morgan fingerprint density at radius 3 is 2.26 bits per heavy atom. The monoisotopic (exact) mass is 366 g/mol. The Balaban J connectivity index is 0.00000133. The van der Waals surface area contributed by atoms with E-state index in [1.165, 1.54) is 28.2 Å². The average Bonchev–Trinajstić information content (AvgIpc) is 2.71. The van der Waals surface area contributed by atoms with E-state index in [-0.39, 0.29) is 24.0 Å². The minimum atomic E-state index is 0. The summed E-state index contributed by atoms with van der Waals surface area (Å²) >= 11 is 0. The number of hydrogen-bond donors (Lipinski definition) is 0. The number of benzene rings is 2. The molecule has 1 aliphatic rings. The highest BCUT2D eigenvalue weighted by atomic mass is 127. The molecule has 0 unspecified atom stereocenters. The van der Waals surface area contributed by atoms with Crippen LogP contribution in [0.3, 0.4) is 0 Å². The number of rotatable bonds is 1. The fraction of sp³-hybridized carbons (Fsp3) is 0.250. The number of nitrogens with zero attached hydrogens (tertiary/aromatic N) is 2. The Morgan fingerprint density at radius 1 is 0.895 bits per heavy atom. The Bertz CT molecular complexity index is 595. The maximum Gasteiger partial charge on any atom is 0.0950 e. The first kappa shape index (κ1) is 14.2. The highest BCUT2D eigenvalue weighted by Crippen LogP contribution is 2.39. The summed E-state index contributed by atoms with van der Waals surface area (Å²) in [7, 11) is 2.14. The molecule has 0 spiro atoms. The molecule has 100 valence electrons. The van der Waals surface area contributed by atoms with Gasteiger partial charge in [-0.2, -0.15) is 0 Å². The van der Waals surface area contributed by atoms with E-state index in [0.29, 0.717) is 0 Å². The van der Waals surface area contributed by atoms with Crippen LogP contribution in [0.15, 0.2) is 42.5 Å². The fourth-order valence-corrected chi connectivity index (χ4v) is 2.49. The Hall–Kier alpha value is -1.23. The molecule has 0 amide bonds. The van der Waals surface area contributed by atoms with E-state index < -0.39 is 0 Å². The van der Waals surface area contributed by atoms with E-state index in [1.54, 1.807) is 0 Å². The van der Waals surface area contributed by atoms with Crippen molar-refractivity contribution in [3.05, 3.63) is 53.6 Å². The first-order valence-electron chi connectivity index (χ1n) is 6.32. The van der Waals surface area contributed by atoms with Crippen LogP contribution in [0.2, 0.25) is 0 Å². The number of para-hydroxylation sites is 2. The summed E-state index contributed by atoms with van der Waals surface area (Å²) in [5.74, 6) is 0. The molecule has 2 nitrogen and oxygen atoms in total. The van der Waals surface area contributed by atoms with E-state index in [1.807, 2.05) is 0 Å². The minimum absolute atomic E-state index is 0. The van der Waals surface area contributed by atoms with Gasteiger partial charge in [0, 0.05) is 12.7 Å². The van der Waals surface area contributed by atoms with Crippen LogP contribution in [0, 0.1) is 13.8 Å². The molecule has 0 aliphatic carbocycles. The minimum Gasteiger partial charge on any atom is -0.355 e. The van der Waals surface area contributed by atoms with Gasteiger partial charge in [0.05, 0.1) is 18.0 Å². The molecule has 0 saturated heterocycles. The van der Waals surface area contributed by atoms with Gasteiger partial charge in [-0.05, 0) is 49.2 Å². The molecule has 0 atom stereocenters. The van der Waals surface area contributed by atoms with Crippen LogP contribution in [0.25, 0.3) is 0 Å². The second-order valence-corrected chi connectivity index (χ2v) is 5.02. The van der Waals surface area contributed by atoms with Crippen LogP contribution in [-0.2, 0) is 0 Å². The second kappa shape index (κ2) is 5.41. The third-order valence-corrected chi connectivity index (χ3v) is 3.74. The normalized spacial score (nSPS) is 13.2. The summed E-state index contributed by atoms with van der Waals surface area (Å²) in [6.07, 6.45) is 0. The van der Waals surface area contributed by atoms with Gasteiger partial charge in [-0.1, -0.05) is 18.2 Å². The zero-order valence-corrected chi connectivity index (χ0v) is 13.9. The van der Waals surface area contributed by atoms with Crippen molar-refractivity contribution in [3.8, 4) is 0 Å². The number of aryl methyl sites for hydroxylation is 2. The molecule has 2 aromatic carbocycles. The molecule has 0 bridgehead atoms. The van der Waals surface area contributed by atoms with Crippen molar-refractivity contribution in [2.75, 3.05) is 23.5 Å². The molecule has 1 heterocycles. The highest BCUT2D eigenvalue weighted by molar-refractivity contribution is 14.0. The summed E-state index contributed by atoms with van der Waals surface area (Å²) in [6, 6.07) is 15.2. The molecule has 0 aromatic heterocycles. The lowest BCUT2D eigenvalue weighted by molar-refractivity contribution is 0.948. The predicted molar refractivity (Wildman–Crippen MR) is 93.2 cm³/mol. The number of fused-ring (bicyclic) bond motifs is 1. The van der Waals surface area contributed by atoms with Crippen molar-refractivity contribution in [2.24, 2.45) is 0 Å². The Kier molecular flexibility index (Phi) is 4.04. The molecule has 1 aliphatic heterocycles. The lowest BCUT2D eigenvalue weighted by atomic mass is 10.1. The van der Waals surface area contributed by atoms with Crippen LogP contribution >= 0.6 is 24.0 Å². The van der Waals surface area contributed by atoms with Gasteiger partial charge in [0.2, 0.25) is 0 Å². The van der Waals surface area contributed by atoms with Crippen LogP contribution in [0.4, 0.5) is 17.1 Å². The summed E-state index contributed by atoms with van der Waals surface area (Å²) < 4.78 is 0. The Labute approximate surface area is 132 Å². The van der Waals surface area contributed by atoms with Gasteiger partial charge in [0.25, 0.3) is 0 Å². The first-order chi connectivity index (χ1) is 8.66. The molecule has 0 fully saturated rings. The Morgan fingerprint density at radius 2 is 1.58 bits per heavy atom. The zero-order chi connectivity index (χ0) is 12.7. The predicted octanol–water partition coefficient (Wildman–Crippen LogP) is 4.47. The van der Waals surface area contributed by atoms with E-state index in [9.17, 15) is 0 Å². The van der Waals surface area contributed by atoms with Crippen LogP contribution in [0.5, 0.6) is 0 Å². The van der Waals surface area contributed by atoms with Gasteiger partial charge in [0.1, 0.15) is 0 Å². The van der Waals surface area contributed by atoms with E-state index in [2.05, 4.69) is 73.2 Å². The summed E-state index contributed by atoms with van der Waals surface area (Å²) in [5, 5.41) is 0. The summed E-state index contributed by atoms with van der Waals surface area (Å²) in [5.41, 5.74) is 6.56. The van der Waals surface area contributed by atoms with Gasteiger partial charge >= 0.3 is 0 Å². The topological polar surface area (TPSA) is 6.48 Å². The van der Waals surface area contributed by atoms with Crippen LogP contribution in [0.1, 0.15) is 11.1 Å². The molecular weight excluding hydrogens is 347 g/mol. The third-order valence-electron chi connectivity index (χ3n) is 3.74.